The number of nitrogens with zero attached hydrogens (tertiary/aromatic N) is 2. The molecule has 2 aromatic rings. The van der Waals surface area contributed by atoms with Gasteiger partial charge in [0.1, 0.15) is 0 Å². The van der Waals surface area contributed by atoms with Gasteiger partial charge in [-0.3, -0.25) is 4.68 Å². The lowest BCUT2D eigenvalue weighted by molar-refractivity contribution is 0.00400. The fraction of sp³-hybridized carbons (Fsp3) is 0.476. The first-order valence-electron chi connectivity index (χ1n) is 9.04. The van der Waals surface area contributed by atoms with E-state index in [2.05, 4.69) is 48.3 Å². The van der Waals surface area contributed by atoms with Crippen molar-refractivity contribution in [1.82, 2.24) is 9.78 Å². The molecule has 1 saturated carbocycles. The second kappa shape index (κ2) is 6.83. The van der Waals surface area contributed by atoms with Gasteiger partial charge in [-0.2, -0.15) is 5.10 Å². The zero-order valence-corrected chi connectivity index (χ0v) is 14.3. The van der Waals surface area contributed by atoms with Gasteiger partial charge in [0, 0.05) is 29.8 Å². The summed E-state index contributed by atoms with van der Waals surface area (Å²) in [6.07, 6.45) is 10.5. The van der Waals surface area contributed by atoms with Crippen LogP contribution in [0.3, 0.4) is 0 Å². The molecule has 3 nitrogen and oxygen atoms in total. The molecule has 0 unspecified atom stereocenters. The van der Waals surface area contributed by atoms with Gasteiger partial charge in [-0.05, 0) is 62.3 Å². The molecule has 2 heterocycles. The summed E-state index contributed by atoms with van der Waals surface area (Å²) in [7, 11) is 0. The number of rotatable bonds is 3. The van der Waals surface area contributed by atoms with Gasteiger partial charge >= 0.3 is 0 Å². The maximum atomic E-state index is 5.81. The normalized spacial score (nSPS) is 20.5. The third-order valence-electron chi connectivity index (χ3n) is 4.83. The van der Waals surface area contributed by atoms with E-state index in [-0.39, 0.29) is 0 Å². The lowest BCUT2D eigenvalue weighted by atomic mass is 10.0. The average Bonchev–Trinajstić information content (AvgIpc) is 3.32. The Morgan fingerprint density at radius 1 is 1.25 bits per heavy atom. The lowest BCUT2D eigenvalue weighted by Gasteiger charge is -2.22. The average molecular weight is 320 g/mol. The Morgan fingerprint density at radius 2 is 2.17 bits per heavy atom. The van der Waals surface area contributed by atoms with E-state index < -0.39 is 0 Å². The number of aryl methyl sites for hydroxylation is 1. The SMILES string of the molecule is Cc1cc(C#CC2CC2)ccc1-c1cnn(C[C@H]2CCCCO2)c1. The Kier molecular flexibility index (Phi) is 4.40. The van der Waals surface area contributed by atoms with Gasteiger partial charge in [-0.1, -0.05) is 17.9 Å². The minimum atomic E-state index is 0.313. The van der Waals surface area contributed by atoms with Gasteiger partial charge in [0.2, 0.25) is 0 Å². The highest BCUT2D eigenvalue weighted by Gasteiger charge is 2.18. The van der Waals surface area contributed by atoms with E-state index >= 15 is 0 Å². The van der Waals surface area contributed by atoms with Crippen LogP contribution in [0.25, 0.3) is 11.1 Å². The molecular formula is C21H24N2O. The maximum Gasteiger partial charge on any atom is 0.0770 e. The molecule has 2 fully saturated rings. The molecule has 1 saturated heterocycles. The van der Waals surface area contributed by atoms with Crippen molar-refractivity contribution in [2.45, 2.75) is 51.7 Å². The van der Waals surface area contributed by atoms with Gasteiger partial charge < -0.3 is 4.74 Å². The highest BCUT2D eigenvalue weighted by atomic mass is 16.5. The molecule has 0 spiro atoms. The summed E-state index contributed by atoms with van der Waals surface area (Å²) in [6, 6.07) is 6.48. The standard InChI is InChI=1S/C21H24N2O/c1-16-12-18(8-7-17-5-6-17)9-10-21(16)19-13-22-23(14-19)15-20-4-2-3-11-24-20/h9-10,12-14,17,20H,2-6,11,15H2,1H3/t20-/m1/s1. The molecule has 1 aromatic heterocycles. The molecule has 1 aliphatic carbocycles. The van der Waals surface area contributed by atoms with Crippen LogP contribution in [-0.4, -0.2) is 22.5 Å². The largest absolute Gasteiger partial charge is 0.376 e. The summed E-state index contributed by atoms with van der Waals surface area (Å²) in [5.74, 6) is 7.27. The van der Waals surface area contributed by atoms with Crippen LogP contribution in [0.1, 0.15) is 43.2 Å². The fourth-order valence-electron chi connectivity index (χ4n) is 3.24. The molecule has 1 atom stereocenters. The Hall–Kier alpha value is -2.05. The van der Waals surface area contributed by atoms with Crippen molar-refractivity contribution in [3.8, 4) is 23.0 Å². The molecule has 2 aliphatic rings. The summed E-state index contributed by atoms with van der Waals surface area (Å²) < 4.78 is 7.83. The Labute approximate surface area is 144 Å². The van der Waals surface area contributed by atoms with Crippen LogP contribution in [0.5, 0.6) is 0 Å². The minimum absolute atomic E-state index is 0.313. The van der Waals surface area contributed by atoms with Gasteiger partial charge in [0.25, 0.3) is 0 Å². The quantitative estimate of drug-likeness (QED) is 0.793. The minimum Gasteiger partial charge on any atom is -0.376 e. The number of aromatic nitrogens is 2. The second-order valence-corrected chi connectivity index (χ2v) is 7.01. The predicted molar refractivity (Wildman–Crippen MR) is 95.6 cm³/mol. The predicted octanol–water partition coefficient (Wildman–Crippen LogP) is 4.19. The zero-order chi connectivity index (χ0) is 16.4. The topological polar surface area (TPSA) is 27.1 Å². The van der Waals surface area contributed by atoms with Crippen molar-refractivity contribution in [3.63, 3.8) is 0 Å². The molecule has 0 radical (unpaired) electrons. The third-order valence-corrected chi connectivity index (χ3v) is 4.83. The summed E-state index contributed by atoms with van der Waals surface area (Å²) in [6.45, 7) is 3.89. The van der Waals surface area contributed by atoms with Crippen molar-refractivity contribution in [3.05, 3.63) is 41.7 Å². The van der Waals surface area contributed by atoms with Gasteiger partial charge in [-0.25, -0.2) is 0 Å². The third kappa shape index (κ3) is 3.71. The molecule has 124 valence electrons. The van der Waals surface area contributed by atoms with Crippen molar-refractivity contribution in [2.75, 3.05) is 6.61 Å². The maximum absolute atomic E-state index is 5.81. The van der Waals surface area contributed by atoms with E-state index in [1.165, 1.54) is 42.4 Å². The number of hydrogen-bond donors (Lipinski definition) is 0. The van der Waals surface area contributed by atoms with E-state index in [4.69, 9.17) is 4.74 Å². The van der Waals surface area contributed by atoms with E-state index in [1.54, 1.807) is 0 Å². The smallest absolute Gasteiger partial charge is 0.0770 e. The summed E-state index contributed by atoms with van der Waals surface area (Å²) >= 11 is 0. The van der Waals surface area contributed by atoms with Crippen LogP contribution in [-0.2, 0) is 11.3 Å². The van der Waals surface area contributed by atoms with E-state index in [1.807, 2.05) is 10.9 Å². The first kappa shape index (κ1) is 15.5. The van der Waals surface area contributed by atoms with Crippen LogP contribution >= 0.6 is 0 Å². The molecule has 24 heavy (non-hydrogen) atoms. The summed E-state index contributed by atoms with van der Waals surface area (Å²) in [5.41, 5.74) is 4.78. The van der Waals surface area contributed by atoms with E-state index in [0.717, 1.165) is 25.1 Å². The number of ether oxygens (including phenoxy) is 1. The van der Waals surface area contributed by atoms with Crippen LogP contribution in [0.2, 0.25) is 0 Å². The van der Waals surface area contributed by atoms with Gasteiger partial charge in [0.05, 0.1) is 18.8 Å². The van der Waals surface area contributed by atoms with Gasteiger partial charge in [-0.15, -0.1) is 0 Å². The summed E-state index contributed by atoms with van der Waals surface area (Å²) in [5, 5.41) is 4.53. The molecule has 0 amide bonds. The molecule has 3 heteroatoms. The first-order valence-corrected chi connectivity index (χ1v) is 9.04. The molecule has 4 rings (SSSR count). The van der Waals surface area contributed by atoms with E-state index in [9.17, 15) is 0 Å². The van der Waals surface area contributed by atoms with Crippen molar-refractivity contribution < 1.29 is 4.74 Å². The number of hydrogen-bond acceptors (Lipinski definition) is 2. The molecule has 0 bridgehead atoms. The van der Waals surface area contributed by atoms with Crippen molar-refractivity contribution in [2.24, 2.45) is 5.92 Å². The zero-order valence-electron chi connectivity index (χ0n) is 14.3. The lowest BCUT2D eigenvalue weighted by Crippen LogP contribution is -2.24. The highest BCUT2D eigenvalue weighted by molar-refractivity contribution is 5.67. The van der Waals surface area contributed by atoms with E-state index in [0.29, 0.717) is 12.0 Å². The summed E-state index contributed by atoms with van der Waals surface area (Å²) in [4.78, 5) is 0. The van der Waals surface area contributed by atoms with Crippen LogP contribution < -0.4 is 0 Å². The molecule has 1 aliphatic heterocycles. The molecular weight excluding hydrogens is 296 g/mol. The highest BCUT2D eigenvalue weighted by Crippen LogP contribution is 2.28. The van der Waals surface area contributed by atoms with Crippen molar-refractivity contribution in [1.29, 1.82) is 0 Å². The van der Waals surface area contributed by atoms with Crippen LogP contribution in [0.15, 0.2) is 30.6 Å². The molecule has 0 N–H and O–H groups in total. The Balaban J connectivity index is 1.48. The molecule has 1 aromatic carbocycles. The van der Waals surface area contributed by atoms with Crippen molar-refractivity contribution >= 4 is 0 Å². The Bertz CT molecular complexity index is 771. The monoisotopic (exact) mass is 320 g/mol. The first-order chi connectivity index (χ1) is 11.8. The second-order valence-electron chi connectivity index (χ2n) is 7.01. The fourth-order valence-corrected chi connectivity index (χ4v) is 3.24. The van der Waals surface area contributed by atoms with Crippen LogP contribution in [0, 0.1) is 24.7 Å². The number of benzene rings is 1. The van der Waals surface area contributed by atoms with Crippen LogP contribution in [0.4, 0.5) is 0 Å². The Morgan fingerprint density at radius 3 is 2.92 bits per heavy atom. The van der Waals surface area contributed by atoms with Gasteiger partial charge in [0.15, 0.2) is 0 Å².